The zero-order valence-electron chi connectivity index (χ0n) is 51.3. The Kier molecular flexibility index (Phi) is 12.3. The number of fused-ring (bicyclic) bond motifs is 10. The van der Waals surface area contributed by atoms with Crippen molar-refractivity contribution in [2.45, 2.75) is 26.2 Å². The molecule has 0 fully saturated rings. The van der Waals surface area contributed by atoms with Gasteiger partial charge in [0.25, 0.3) is 6.71 Å². The molecule has 430 valence electrons. The molecule has 4 aliphatic rings. The molecule has 14 aromatic rings. The van der Waals surface area contributed by atoms with Gasteiger partial charge in [-0.25, -0.2) is 0 Å². The predicted molar refractivity (Wildman–Crippen MR) is 399 cm³/mol. The molecule has 18 rings (SSSR count). The Morgan fingerprint density at radius 3 is 1.36 bits per heavy atom. The minimum atomic E-state index is -2.65. The summed E-state index contributed by atoms with van der Waals surface area (Å²) in [6.45, 7) is 10.5. The Morgan fingerprint density at radius 1 is 0.319 bits per heavy atom. The van der Waals surface area contributed by atoms with Gasteiger partial charge in [-0.15, -0.1) is 0 Å². The van der Waals surface area contributed by atoms with Gasteiger partial charge >= 0.3 is 0 Å². The van der Waals surface area contributed by atoms with E-state index in [4.69, 9.17) is 0 Å². The molecule has 7 heteroatoms. The van der Waals surface area contributed by atoms with Crippen molar-refractivity contribution in [1.82, 2.24) is 0 Å². The molecule has 0 aromatic heterocycles. The Bertz CT molecular complexity index is 5190. The normalized spacial score (nSPS) is 15.0. The molecule has 1 atom stereocenters. The minimum absolute atomic E-state index is 0.119. The van der Waals surface area contributed by atoms with Crippen LogP contribution in [0.1, 0.15) is 0 Å². The molecule has 4 aliphatic heterocycles. The summed E-state index contributed by atoms with van der Waals surface area (Å²) < 4.78 is 0. The fourth-order valence-corrected chi connectivity index (χ4v) is 28.9. The van der Waals surface area contributed by atoms with Gasteiger partial charge in [-0.1, -0.05) is 269 Å². The summed E-state index contributed by atoms with van der Waals surface area (Å²) in [6.07, 6.45) is 0. The monoisotopic (exact) mass is 1210 g/mol. The quantitative estimate of drug-likeness (QED) is 0.0853. The Balaban J connectivity index is 0.974. The first kappa shape index (κ1) is 53.9. The maximum atomic E-state index is 2.79. The molecular formula is C84H63BN3PSi2. The summed E-state index contributed by atoms with van der Waals surface area (Å²) in [4.78, 5) is 7.79. The van der Waals surface area contributed by atoms with Crippen molar-refractivity contribution in [1.29, 1.82) is 0 Å². The van der Waals surface area contributed by atoms with Crippen molar-refractivity contribution >= 4 is 157 Å². The number of para-hydroxylation sites is 5. The highest BCUT2D eigenvalue weighted by Gasteiger charge is 2.51. The van der Waals surface area contributed by atoms with E-state index in [-0.39, 0.29) is 6.71 Å². The molecule has 3 nitrogen and oxygen atoms in total. The Morgan fingerprint density at radius 2 is 0.780 bits per heavy atom. The lowest BCUT2D eigenvalue weighted by atomic mass is 9.33. The van der Waals surface area contributed by atoms with Crippen molar-refractivity contribution in [3.05, 3.63) is 309 Å². The first-order valence-electron chi connectivity index (χ1n) is 31.9. The molecule has 0 saturated heterocycles. The average Bonchev–Trinajstić information content (AvgIpc) is 0.691. The van der Waals surface area contributed by atoms with Crippen LogP contribution in [0.3, 0.4) is 0 Å². The van der Waals surface area contributed by atoms with Crippen LogP contribution >= 0.6 is 7.92 Å². The lowest BCUT2D eigenvalue weighted by molar-refractivity contribution is 1.23. The van der Waals surface area contributed by atoms with Gasteiger partial charge < -0.3 is 14.7 Å². The van der Waals surface area contributed by atoms with E-state index in [0.29, 0.717) is 0 Å². The largest absolute Gasteiger partial charge is 0.311 e. The van der Waals surface area contributed by atoms with Crippen LogP contribution in [0, 0.1) is 0 Å². The van der Waals surface area contributed by atoms with E-state index >= 15 is 0 Å². The number of hydrogen-bond acceptors (Lipinski definition) is 3. The number of hydrogen-bond donors (Lipinski definition) is 0. The van der Waals surface area contributed by atoms with Crippen molar-refractivity contribution in [2.75, 3.05) is 14.7 Å². The van der Waals surface area contributed by atoms with Gasteiger partial charge in [0, 0.05) is 45.3 Å². The van der Waals surface area contributed by atoms with Gasteiger partial charge in [0.05, 0.1) is 17.1 Å². The summed E-state index contributed by atoms with van der Waals surface area (Å²) >= 11 is 0. The van der Waals surface area contributed by atoms with E-state index in [2.05, 4.69) is 350 Å². The smallest absolute Gasteiger partial charge is 0.252 e. The zero-order chi connectivity index (χ0) is 60.7. The van der Waals surface area contributed by atoms with Crippen molar-refractivity contribution in [3.8, 4) is 33.4 Å². The lowest BCUT2D eigenvalue weighted by Gasteiger charge is -2.49. The highest BCUT2D eigenvalue weighted by atomic mass is 31.1. The standard InChI is InChI=1S/C84H63BN3PSi2/c1-90(2)78-48-28-27-47-76(78)89-77-54-69-73(55-79(77)91(3,4)81-51-60(50-80(90)84(81)89)82-66-41-19-17-33-58(66)49-59-34-18-20-42-67(59)82)88(71-45-25-22-40-65(71)57-31-11-6-12-32-57)75-53-63(86(61-35-13-7-14-36-61)62-37-15-8-16-38-62)52-74-83(75)85(69)68-43-23-26-46-72(68)87(74)70-44-24-21-39-64(70)56-29-9-5-10-30-56/h5-55H,1-4H3. The Labute approximate surface area is 536 Å². The van der Waals surface area contributed by atoms with E-state index in [1.54, 1.807) is 26.2 Å². The average molecular weight is 1210 g/mol. The molecule has 0 saturated carbocycles. The summed E-state index contributed by atoms with van der Waals surface area (Å²) in [5, 5.41) is 16.2. The molecule has 4 heterocycles. The minimum Gasteiger partial charge on any atom is -0.311 e. The third-order valence-corrected chi connectivity index (χ3v) is 30.8. The first-order chi connectivity index (χ1) is 44.7. The molecule has 0 bridgehead atoms. The van der Waals surface area contributed by atoms with Crippen molar-refractivity contribution in [3.63, 3.8) is 0 Å². The molecule has 0 aliphatic carbocycles. The summed E-state index contributed by atoms with van der Waals surface area (Å²) in [6, 6.07) is 118. The van der Waals surface area contributed by atoms with Gasteiger partial charge in [-0.2, -0.15) is 0 Å². The highest BCUT2D eigenvalue weighted by molar-refractivity contribution is 7.83. The van der Waals surface area contributed by atoms with Crippen LogP contribution in [0.15, 0.2) is 309 Å². The van der Waals surface area contributed by atoms with Crippen molar-refractivity contribution < 1.29 is 0 Å². The number of benzene rings is 14. The molecular weight excluding hydrogens is 1150 g/mol. The SMILES string of the molecule is C[Si]1(C)c2ccccc2P2c3cc4c(cc3[Si](C)(C)c3cc(-c5c6ccccc6cc6ccccc56)cc1c32)N(c1ccccc1-c1ccccc1)c1cc(N(c2ccccc2)c2ccccc2)cc2c1B4c1ccccc1N2c1ccccc1-c1ccccc1. The second-order valence-corrected chi connectivity index (χ2v) is 36.7. The molecule has 14 aromatic carbocycles. The van der Waals surface area contributed by atoms with Crippen LogP contribution in [-0.2, 0) is 0 Å². The van der Waals surface area contributed by atoms with Crippen LogP contribution in [0.25, 0.3) is 54.9 Å². The number of rotatable bonds is 8. The summed E-state index contributed by atoms with van der Waals surface area (Å²) in [5.41, 5.74) is 21.7. The Hall–Kier alpha value is -10.1. The maximum Gasteiger partial charge on any atom is 0.252 e. The maximum absolute atomic E-state index is 2.79. The van der Waals surface area contributed by atoms with Gasteiger partial charge in [0.1, 0.15) is 16.1 Å². The van der Waals surface area contributed by atoms with Crippen LogP contribution in [0.2, 0.25) is 26.2 Å². The molecule has 0 amide bonds. The zero-order valence-corrected chi connectivity index (χ0v) is 54.2. The van der Waals surface area contributed by atoms with Crippen molar-refractivity contribution in [2.24, 2.45) is 0 Å². The van der Waals surface area contributed by atoms with Gasteiger partial charge in [-0.3, -0.25) is 0 Å². The van der Waals surface area contributed by atoms with Crippen LogP contribution in [-0.4, -0.2) is 22.9 Å². The van der Waals surface area contributed by atoms with Gasteiger partial charge in [0.2, 0.25) is 0 Å². The fourth-order valence-electron chi connectivity index (χ4n) is 16.1. The number of anilines is 9. The van der Waals surface area contributed by atoms with Crippen LogP contribution < -0.4 is 67.7 Å². The third-order valence-electron chi connectivity index (χ3n) is 20.3. The van der Waals surface area contributed by atoms with E-state index in [1.807, 2.05) is 0 Å². The first-order valence-corrected chi connectivity index (χ1v) is 39.3. The second-order valence-electron chi connectivity index (χ2n) is 26.0. The van der Waals surface area contributed by atoms with E-state index in [0.717, 1.165) is 28.4 Å². The van der Waals surface area contributed by atoms with Crippen LogP contribution in [0.4, 0.5) is 51.2 Å². The molecule has 0 spiro atoms. The third kappa shape index (κ3) is 8.16. The van der Waals surface area contributed by atoms with E-state index < -0.39 is 24.1 Å². The number of nitrogens with zero attached hydrogens (tertiary/aromatic N) is 3. The highest BCUT2D eigenvalue weighted by Crippen LogP contribution is 2.52. The van der Waals surface area contributed by atoms with E-state index in [1.165, 1.54) is 105 Å². The summed E-state index contributed by atoms with van der Waals surface area (Å²) in [7, 11) is -5.96. The topological polar surface area (TPSA) is 9.72 Å². The van der Waals surface area contributed by atoms with Crippen LogP contribution in [0.5, 0.6) is 0 Å². The molecule has 0 radical (unpaired) electrons. The van der Waals surface area contributed by atoms with E-state index in [9.17, 15) is 0 Å². The predicted octanol–water partition coefficient (Wildman–Crippen LogP) is 16.6. The fraction of sp³-hybridized carbons (Fsp3) is 0.0476. The molecule has 1 unspecified atom stereocenters. The van der Waals surface area contributed by atoms with Gasteiger partial charge in [0.15, 0.2) is 0 Å². The summed E-state index contributed by atoms with van der Waals surface area (Å²) in [5.74, 6) is 0. The van der Waals surface area contributed by atoms with Gasteiger partial charge in [-0.05, 0) is 171 Å². The second kappa shape index (κ2) is 20.7. The molecule has 0 N–H and O–H groups in total. The molecule has 91 heavy (non-hydrogen) atoms. The lowest BCUT2D eigenvalue weighted by Crippen LogP contribution is -2.76.